The molecule has 36 heavy (non-hydrogen) atoms. The first kappa shape index (κ1) is 29.1. The van der Waals surface area contributed by atoms with Crippen molar-refractivity contribution in [3.05, 3.63) is 59.7 Å². The van der Waals surface area contributed by atoms with Crippen LogP contribution in [0.3, 0.4) is 0 Å². The lowest BCUT2D eigenvalue weighted by atomic mass is 9.90. The summed E-state index contributed by atoms with van der Waals surface area (Å²) in [6.45, 7) is 1.63. The third-order valence-corrected chi connectivity index (χ3v) is 12.4. The molecule has 0 heterocycles. The fourth-order valence-corrected chi connectivity index (χ4v) is 8.54. The second kappa shape index (κ2) is 13.9. The lowest BCUT2D eigenvalue weighted by Crippen LogP contribution is -2.54. The SMILES string of the molecule is CO[Si](OC)(OC)c1ccc(CN[C@@H]2CCCC[C@H]2NCc2ccc([Si](OC)(OC)OC)cc2)cc1. The van der Waals surface area contributed by atoms with E-state index in [1.807, 2.05) is 24.3 Å². The summed E-state index contributed by atoms with van der Waals surface area (Å²) in [5, 5.41) is 9.50. The first-order chi connectivity index (χ1) is 17.5. The van der Waals surface area contributed by atoms with Gasteiger partial charge in [-0.25, -0.2) is 0 Å². The summed E-state index contributed by atoms with van der Waals surface area (Å²) < 4.78 is 33.5. The Hall–Kier alpha value is -1.45. The second-order valence-electron chi connectivity index (χ2n) is 8.99. The third-order valence-electron chi connectivity index (χ3n) is 7.13. The van der Waals surface area contributed by atoms with Crippen LogP contribution in [0.15, 0.2) is 48.5 Å². The summed E-state index contributed by atoms with van der Waals surface area (Å²) in [5.74, 6) is 0. The summed E-state index contributed by atoms with van der Waals surface area (Å²) in [4.78, 5) is 0. The summed E-state index contributed by atoms with van der Waals surface area (Å²) in [5.41, 5.74) is 2.46. The van der Waals surface area contributed by atoms with Crippen LogP contribution in [-0.4, -0.2) is 72.4 Å². The predicted molar refractivity (Wildman–Crippen MR) is 145 cm³/mol. The van der Waals surface area contributed by atoms with E-state index in [0.717, 1.165) is 23.5 Å². The van der Waals surface area contributed by atoms with Gasteiger partial charge in [-0.2, -0.15) is 0 Å². The Kier molecular flexibility index (Phi) is 11.3. The number of hydrogen-bond donors (Lipinski definition) is 2. The van der Waals surface area contributed by atoms with E-state index in [0.29, 0.717) is 12.1 Å². The van der Waals surface area contributed by atoms with Gasteiger partial charge in [0.2, 0.25) is 0 Å². The van der Waals surface area contributed by atoms with Gasteiger partial charge in [0.15, 0.2) is 0 Å². The van der Waals surface area contributed by atoms with Crippen LogP contribution in [0.25, 0.3) is 0 Å². The largest absolute Gasteiger partial charge is 0.536 e. The van der Waals surface area contributed by atoms with Gasteiger partial charge in [0, 0.05) is 78.2 Å². The molecule has 2 atom stereocenters. The molecule has 0 aromatic heterocycles. The number of hydrogen-bond acceptors (Lipinski definition) is 8. The molecule has 8 nitrogen and oxygen atoms in total. The van der Waals surface area contributed by atoms with E-state index in [2.05, 4.69) is 34.9 Å². The molecule has 2 aromatic rings. The van der Waals surface area contributed by atoms with Gasteiger partial charge in [-0.3, -0.25) is 0 Å². The summed E-state index contributed by atoms with van der Waals surface area (Å²) in [7, 11) is 4.20. The molecule has 3 rings (SSSR count). The van der Waals surface area contributed by atoms with Crippen LogP contribution >= 0.6 is 0 Å². The van der Waals surface area contributed by atoms with Crippen molar-refractivity contribution in [1.29, 1.82) is 0 Å². The Labute approximate surface area is 218 Å². The first-order valence-electron chi connectivity index (χ1n) is 12.5. The molecular formula is C26H42N2O6Si2. The highest BCUT2D eigenvalue weighted by Crippen LogP contribution is 2.20. The average molecular weight is 535 g/mol. The highest BCUT2D eigenvalue weighted by molar-refractivity contribution is 6.75. The van der Waals surface area contributed by atoms with E-state index < -0.39 is 17.6 Å². The minimum Gasteiger partial charge on any atom is -0.373 e. The number of benzene rings is 2. The van der Waals surface area contributed by atoms with Gasteiger partial charge in [0.05, 0.1) is 0 Å². The van der Waals surface area contributed by atoms with E-state index in [4.69, 9.17) is 26.6 Å². The molecule has 0 unspecified atom stereocenters. The van der Waals surface area contributed by atoms with Crippen molar-refractivity contribution in [3.8, 4) is 0 Å². The van der Waals surface area contributed by atoms with Crippen LogP contribution in [0.4, 0.5) is 0 Å². The van der Waals surface area contributed by atoms with E-state index in [9.17, 15) is 0 Å². The lowest BCUT2D eigenvalue weighted by Gasteiger charge is -2.33. The molecule has 1 aliphatic carbocycles. The normalized spacial score (nSPS) is 18.9. The second-order valence-corrected chi connectivity index (χ2v) is 14.8. The molecule has 1 aliphatic rings. The topological polar surface area (TPSA) is 79.4 Å². The minimum atomic E-state index is -2.80. The molecule has 0 aliphatic heterocycles. The lowest BCUT2D eigenvalue weighted by molar-refractivity contribution is 0.140. The van der Waals surface area contributed by atoms with E-state index in [1.54, 1.807) is 42.7 Å². The smallest absolute Gasteiger partial charge is 0.373 e. The molecule has 2 N–H and O–H groups in total. The zero-order chi connectivity index (χ0) is 26.0. The van der Waals surface area contributed by atoms with Crippen LogP contribution in [0.2, 0.25) is 0 Å². The fraction of sp³-hybridized carbons (Fsp3) is 0.538. The van der Waals surface area contributed by atoms with E-state index in [-0.39, 0.29) is 0 Å². The Morgan fingerprint density at radius 2 is 0.861 bits per heavy atom. The molecule has 200 valence electrons. The van der Waals surface area contributed by atoms with Crippen LogP contribution in [0, 0.1) is 0 Å². The third kappa shape index (κ3) is 6.70. The Bertz CT molecular complexity index is 816. The molecule has 0 amide bonds. The van der Waals surface area contributed by atoms with Gasteiger partial charge < -0.3 is 37.2 Å². The van der Waals surface area contributed by atoms with Crippen LogP contribution in [0.1, 0.15) is 36.8 Å². The van der Waals surface area contributed by atoms with Crippen molar-refractivity contribution in [2.24, 2.45) is 0 Å². The van der Waals surface area contributed by atoms with Gasteiger partial charge in [-0.1, -0.05) is 61.4 Å². The van der Waals surface area contributed by atoms with Gasteiger partial charge in [-0.05, 0) is 24.0 Å². The number of nitrogens with one attached hydrogen (secondary N) is 2. The maximum Gasteiger partial charge on any atom is 0.536 e. The zero-order valence-corrected chi connectivity index (χ0v) is 24.5. The van der Waals surface area contributed by atoms with Crippen molar-refractivity contribution < 1.29 is 26.6 Å². The molecule has 0 saturated heterocycles. The van der Waals surface area contributed by atoms with Crippen LogP contribution < -0.4 is 21.0 Å². The molecule has 1 fully saturated rings. The van der Waals surface area contributed by atoms with Gasteiger partial charge in [-0.15, -0.1) is 0 Å². The quantitative estimate of drug-likeness (QED) is 0.357. The van der Waals surface area contributed by atoms with Crippen LogP contribution in [0.5, 0.6) is 0 Å². The molecule has 10 heteroatoms. The predicted octanol–water partition coefficient (Wildman–Crippen LogP) is 2.05. The molecule has 1 saturated carbocycles. The van der Waals surface area contributed by atoms with Crippen molar-refractivity contribution in [1.82, 2.24) is 10.6 Å². The molecule has 0 radical (unpaired) electrons. The molecule has 0 bridgehead atoms. The minimum absolute atomic E-state index is 0.429. The zero-order valence-electron chi connectivity index (χ0n) is 22.5. The van der Waals surface area contributed by atoms with Gasteiger partial charge in [0.1, 0.15) is 0 Å². The van der Waals surface area contributed by atoms with Gasteiger partial charge in [0.25, 0.3) is 0 Å². The van der Waals surface area contributed by atoms with Crippen LogP contribution in [-0.2, 0) is 39.6 Å². The highest BCUT2D eigenvalue weighted by atomic mass is 28.4. The van der Waals surface area contributed by atoms with Crippen molar-refractivity contribution in [3.63, 3.8) is 0 Å². The van der Waals surface area contributed by atoms with Crippen molar-refractivity contribution >= 4 is 28.0 Å². The molecular weight excluding hydrogens is 492 g/mol. The van der Waals surface area contributed by atoms with E-state index >= 15 is 0 Å². The maximum atomic E-state index is 5.59. The van der Waals surface area contributed by atoms with Gasteiger partial charge >= 0.3 is 17.6 Å². The number of rotatable bonds is 14. The standard InChI is InChI=1S/C26H42N2O6Si2/c1-29-35(30-2,31-3)23-15-11-21(12-16-23)19-27-25-9-7-8-10-26(25)28-20-22-13-17-24(18-14-22)36(32-4,33-5)34-6/h11-18,25-28H,7-10,19-20H2,1-6H3/t25-,26-/m1/s1. The summed E-state index contributed by atoms with van der Waals surface area (Å²) in [6, 6.07) is 17.5. The Morgan fingerprint density at radius 3 is 1.14 bits per heavy atom. The Balaban J connectivity index is 1.56. The average Bonchev–Trinajstić information content (AvgIpc) is 2.95. The summed E-state index contributed by atoms with van der Waals surface area (Å²) in [6.07, 6.45) is 4.85. The summed E-state index contributed by atoms with van der Waals surface area (Å²) >= 11 is 0. The van der Waals surface area contributed by atoms with Crippen molar-refractivity contribution in [2.75, 3.05) is 42.7 Å². The monoisotopic (exact) mass is 534 g/mol. The fourth-order valence-electron chi connectivity index (χ4n) is 4.98. The van der Waals surface area contributed by atoms with E-state index in [1.165, 1.54) is 36.8 Å². The Morgan fingerprint density at radius 1 is 0.556 bits per heavy atom. The maximum absolute atomic E-state index is 5.59. The first-order valence-corrected chi connectivity index (χ1v) is 15.9. The molecule has 2 aromatic carbocycles. The highest BCUT2D eigenvalue weighted by Gasteiger charge is 2.41. The molecule has 0 spiro atoms. The van der Waals surface area contributed by atoms with Crippen molar-refractivity contribution in [2.45, 2.75) is 50.9 Å².